The fourth-order valence-corrected chi connectivity index (χ4v) is 5.25. The van der Waals surface area contributed by atoms with E-state index in [1.807, 2.05) is 19.1 Å². The lowest BCUT2D eigenvalue weighted by Crippen LogP contribution is -2.66. The summed E-state index contributed by atoms with van der Waals surface area (Å²) in [7, 11) is 0. The van der Waals surface area contributed by atoms with Crippen LogP contribution in [0.2, 0.25) is 0 Å². The first-order valence-electron chi connectivity index (χ1n) is 13.9. The molecular weight excluding hydrogens is 516 g/mol. The molecule has 0 radical (unpaired) electrons. The van der Waals surface area contributed by atoms with Crippen LogP contribution in [0.4, 0.5) is 4.79 Å². The monoisotopic (exact) mass is 566 g/mol. The molecule has 1 aliphatic rings. The second kappa shape index (κ2) is 14.2. The molecule has 222 valence electrons. The van der Waals surface area contributed by atoms with Gasteiger partial charge in [-0.1, -0.05) is 46.8 Å². The van der Waals surface area contributed by atoms with Gasteiger partial charge in [-0.25, -0.2) is 4.79 Å². The maximum absolute atomic E-state index is 13.5. The number of aliphatic hydroxyl groups is 1. The Balaban J connectivity index is 2.32. The van der Waals surface area contributed by atoms with E-state index >= 15 is 0 Å². The van der Waals surface area contributed by atoms with Crippen LogP contribution in [0.5, 0.6) is 0 Å². The molecule has 0 spiro atoms. The molecule has 0 bridgehead atoms. The Labute approximate surface area is 239 Å². The zero-order valence-electron chi connectivity index (χ0n) is 25.4. The molecule has 1 aliphatic heterocycles. The molecule has 0 aromatic heterocycles. The van der Waals surface area contributed by atoms with Crippen molar-refractivity contribution in [1.82, 2.24) is 10.2 Å². The fourth-order valence-electron chi connectivity index (χ4n) is 4.31. The molecule has 9 heteroatoms. The van der Waals surface area contributed by atoms with Crippen molar-refractivity contribution in [3.8, 4) is 0 Å². The van der Waals surface area contributed by atoms with E-state index in [9.17, 15) is 14.7 Å². The summed E-state index contributed by atoms with van der Waals surface area (Å²) < 4.78 is 17.8. The number of hydrogen-bond donors (Lipinski definition) is 2. The van der Waals surface area contributed by atoms with Gasteiger partial charge in [0.05, 0.1) is 37.4 Å². The van der Waals surface area contributed by atoms with E-state index in [1.54, 1.807) is 32.5 Å². The molecule has 1 fully saturated rings. The van der Waals surface area contributed by atoms with Crippen LogP contribution in [-0.4, -0.2) is 77.1 Å². The SMILES string of the molecule is CC(=O)N[C@@H](Cc1cccc(SCC(C)C)c1)[C@H](O)[C@H]1CO[C@@H](OCC(C)(C)C)[C@H](C)N1C(=O)OC(C)(C)C. The minimum absolute atomic E-state index is 0.0416. The van der Waals surface area contributed by atoms with Crippen molar-refractivity contribution < 1.29 is 28.9 Å². The topological polar surface area (TPSA) is 97.3 Å². The first-order valence-corrected chi connectivity index (χ1v) is 14.9. The predicted octanol–water partition coefficient (Wildman–Crippen LogP) is 5.26. The Morgan fingerprint density at radius 2 is 1.87 bits per heavy atom. The molecule has 1 heterocycles. The van der Waals surface area contributed by atoms with Crippen molar-refractivity contribution in [3.05, 3.63) is 29.8 Å². The average molecular weight is 567 g/mol. The zero-order chi connectivity index (χ0) is 29.5. The lowest BCUT2D eigenvalue weighted by atomic mass is 9.94. The van der Waals surface area contributed by atoms with Crippen molar-refractivity contribution in [2.24, 2.45) is 11.3 Å². The van der Waals surface area contributed by atoms with E-state index in [-0.39, 0.29) is 17.9 Å². The molecule has 1 saturated heterocycles. The minimum Gasteiger partial charge on any atom is -0.444 e. The number of rotatable bonds is 10. The highest BCUT2D eigenvalue weighted by molar-refractivity contribution is 7.99. The summed E-state index contributed by atoms with van der Waals surface area (Å²) in [6, 6.07) is 6.22. The van der Waals surface area contributed by atoms with Crippen molar-refractivity contribution in [3.63, 3.8) is 0 Å². The number of benzene rings is 1. The van der Waals surface area contributed by atoms with Crippen LogP contribution in [0.1, 0.15) is 74.8 Å². The van der Waals surface area contributed by atoms with Crippen molar-refractivity contribution in [2.45, 2.75) is 117 Å². The smallest absolute Gasteiger partial charge is 0.411 e. The van der Waals surface area contributed by atoms with E-state index in [4.69, 9.17) is 14.2 Å². The van der Waals surface area contributed by atoms with Gasteiger partial charge in [0, 0.05) is 17.6 Å². The second-order valence-electron chi connectivity index (χ2n) is 13.1. The van der Waals surface area contributed by atoms with Crippen LogP contribution in [0.25, 0.3) is 0 Å². The Bertz CT molecular complexity index is 942. The van der Waals surface area contributed by atoms with Gasteiger partial charge in [-0.3, -0.25) is 9.69 Å². The largest absolute Gasteiger partial charge is 0.444 e. The van der Waals surface area contributed by atoms with E-state index in [1.165, 1.54) is 11.8 Å². The van der Waals surface area contributed by atoms with Crippen LogP contribution < -0.4 is 5.32 Å². The average Bonchev–Trinajstić information content (AvgIpc) is 2.79. The number of nitrogens with one attached hydrogen (secondary N) is 1. The van der Waals surface area contributed by atoms with Gasteiger partial charge in [-0.15, -0.1) is 11.8 Å². The number of aliphatic hydroxyl groups excluding tert-OH is 1. The Kier molecular flexibility index (Phi) is 12.2. The summed E-state index contributed by atoms with van der Waals surface area (Å²) in [5.74, 6) is 1.31. The number of carbonyl (C=O) groups excluding carboxylic acids is 2. The molecule has 8 nitrogen and oxygen atoms in total. The summed E-state index contributed by atoms with van der Waals surface area (Å²) in [5, 5.41) is 14.6. The molecule has 39 heavy (non-hydrogen) atoms. The molecule has 0 unspecified atom stereocenters. The van der Waals surface area contributed by atoms with Gasteiger partial charge in [0.15, 0.2) is 6.29 Å². The molecular formula is C30H50N2O6S. The third kappa shape index (κ3) is 11.3. The minimum atomic E-state index is -1.11. The van der Waals surface area contributed by atoms with Gasteiger partial charge in [0.1, 0.15) is 5.60 Å². The lowest BCUT2D eigenvalue weighted by molar-refractivity contribution is -0.233. The second-order valence-corrected chi connectivity index (χ2v) is 14.2. The van der Waals surface area contributed by atoms with Crippen LogP contribution >= 0.6 is 11.8 Å². The standard InChI is InChI=1S/C30H50N2O6S/c1-19(2)17-39-23-13-11-12-22(14-23)15-24(31-21(4)33)26(34)25-16-36-27(37-18-29(5,6)7)20(3)32(25)28(35)38-30(8,9)10/h11-14,19-20,24-27,34H,15-18H2,1-10H3,(H,31,33)/t20-,24-,25+,26-,27-/m0/s1. The first-order chi connectivity index (χ1) is 18.0. The highest BCUT2D eigenvalue weighted by Gasteiger charge is 2.46. The van der Waals surface area contributed by atoms with Crippen molar-refractivity contribution >= 4 is 23.8 Å². The van der Waals surface area contributed by atoms with Crippen LogP contribution in [0, 0.1) is 11.3 Å². The Morgan fingerprint density at radius 1 is 1.21 bits per heavy atom. The van der Waals surface area contributed by atoms with E-state index in [0.29, 0.717) is 18.9 Å². The predicted molar refractivity (Wildman–Crippen MR) is 156 cm³/mol. The molecule has 2 N–H and O–H groups in total. The number of nitrogens with zero attached hydrogens (tertiary/aromatic N) is 1. The third-order valence-corrected chi connectivity index (χ3v) is 7.46. The molecule has 5 atom stereocenters. The van der Waals surface area contributed by atoms with Crippen LogP contribution in [0.3, 0.4) is 0 Å². The van der Waals surface area contributed by atoms with E-state index < -0.39 is 42.2 Å². The van der Waals surface area contributed by atoms with E-state index in [0.717, 1.165) is 16.2 Å². The lowest BCUT2D eigenvalue weighted by Gasteiger charge is -2.47. The molecule has 2 rings (SSSR count). The van der Waals surface area contributed by atoms with Crippen LogP contribution in [0.15, 0.2) is 29.2 Å². The molecule has 0 saturated carbocycles. The maximum atomic E-state index is 13.5. The summed E-state index contributed by atoms with van der Waals surface area (Å²) >= 11 is 1.78. The van der Waals surface area contributed by atoms with Crippen LogP contribution in [-0.2, 0) is 25.4 Å². The summed E-state index contributed by atoms with van der Waals surface area (Å²) in [5.41, 5.74) is 0.174. The third-order valence-electron chi connectivity index (χ3n) is 6.04. The number of thioether (sulfide) groups is 1. The number of ether oxygens (including phenoxy) is 3. The van der Waals surface area contributed by atoms with Gasteiger partial charge in [-0.2, -0.15) is 0 Å². The summed E-state index contributed by atoms with van der Waals surface area (Å²) in [6.45, 7) is 19.7. The number of carbonyl (C=O) groups is 2. The quantitative estimate of drug-likeness (QED) is 0.373. The first kappa shape index (κ1) is 33.4. The highest BCUT2D eigenvalue weighted by atomic mass is 32.2. The van der Waals surface area contributed by atoms with Gasteiger partial charge in [-0.05, 0) is 63.1 Å². The Hall–Kier alpha value is -1.81. The normalized spacial score (nSPS) is 21.9. The van der Waals surface area contributed by atoms with Gasteiger partial charge < -0.3 is 24.6 Å². The molecule has 1 aromatic rings. The van der Waals surface area contributed by atoms with Crippen molar-refractivity contribution in [2.75, 3.05) is 19.0 Å². The van der Waals surface area contributed by atoms with Gasteiger partial charge in [0.2, 0.25) is 5.91 Å². The molecule has 0 aliphatic carbocycles. The highest BCUT2D eigenvalue weighted by Crippen LogP contribution is 2.29. The zero-order valence-corrected chi connectivity index (χ0v) is 26.3. The number of morpholine rings is 1. The van der Waals surface area contributed by atoms with Crippen molar-refractivity contribution in [1.29, 1.82) is 0 Å². The Morgan fingerprint density at radius 3 is 2.44 bits per heavy atom. The van der Waals surface area contributed by atoms with E-state index in [2.05, 4.69) is 52.1 Å². The summed E-state index contributed by atoms with van der Waals surface area (Å²) in [4.78, 5) is 28.3. The van der Waals surface area contributed by atoms with Gasteiger partial charge in [0.25, 0.3) is 0 Å². The fraction of sp³-hybridized carbons (Fsp3) is 0.733. The molecule has 1 aromatic carbocycles. The maximum Gasteiger partial charge on any atom is 0.411 e. The summed E-state index contributed by atoms with van der Waals surface area (Å²) in [6.07, 6.45) is -1.94. The molecule has 2 amide bonds. The number of amides is 2. The number of hydrogen-bond acceptors (Lipinski definition) is 7. The van der Waals surface area contributed by atoms with Gasteiger partial charge >= 0.3 is 6.09 Å².